The maximum Gasteiger partial charge on any atom is 0.249 e. The summed E-state index contributed by atoms with van der Waals surface area (Å²) in [6, 6.07) is 19.2. The molecule has 0 atom stereocenters. The normalized spacial score (nSPS) is 10.8. The monoisotopic (exact) mass is 320 g/mol. The van der Waals surface area contributed by atoms with E-state index in [0.29, 0.717) is 6.61 Å². The van der Waals surface area contributed by atoms with Gasteiger partial charge < -0.3 is 14.9 Å². The fraction of sp³-hybridized carbons (Fsp3) is 0.100. The lowest BCUT2D eigenvalue weighted by Gasteiger charge is -2.13. The van der Waals surface area contributed by atoms with Crippen molar-refractivity contribution in [2.24, 2.45) is 0 Å². The molecule has 0 bridgehead atoms. The van der Waals surface area contributed by atoms with Gasteiger partial charge in [-0.05, 0) is 17.2 Å². The van der Waals surface area contributed by atoms with Gasteiger partial charge in [-0.25, -0.2) is 0 Å². The van der Waals surface area contributed by atoms with Crippen LogP contribution in [-0.4, -0.2) is 11.6 Å². The number of rotatable bonds is 8. The third-order valence-corrected chi connectivity index (χ3v) is 3.19. The number of ether oxygens (including phenoxy) is 2. The van der Waals surface area contributed by atoms with E-state index in [1.807, 2.05) is 60.7 Å². The minimum atomic E-state index is -0.110. The SMILES string of the molecule is C=CC(=N)/C=C(/OCc1ccccc1)C(=N)OCc1ccccc1. The second-order valence-corrected chi connectivity index (χ2v) is 5.05. The number of benzene rings is 2. The molecule has 0 aliphatic carbocycles. The average Bonchev–Trinajstić information content (AvgIpc) is 2.64. The van der Waals surface area contributed by atoms with Crippen molar-refractivity contribution < 1.29 is 9.47 Å². The molecule has 0 heterocycles. The first-order valence-corrected chi connectivity index (χ1v) is 7.54. The third-order valence-electron chi connectivity index (χ3n) is 3.19. The third kappa shape index (κ3) is 5.57. The fourth-order valence-corrected chi connectivity index (χ4v) is 1.91. The highest BCUT2D eigenvalue weighted by Crippen LogP contribution is 2.10. The van der Waals surface area contributed by atoms with Crippen LogP contribution in [0.2, 0.25) is 0 Å². The van der Waals surface area contributed by atoms with Crippen molar-refractivity contribution in [3.05, 3.63) is 96.3 Å². The van der Waals surface area contributed by atoms with E-state index >= 15 is 0 Å². The molecular weight excluding hydrogens is 300 g/mol. The van der Waals surface area contributed by atoms with Gasteiger partial charge in [0.1, 0.15) is 13.2 Å². The minimum absolute atomic E-state index is 0.110. The Morgan fingerprint density at radius 3 is 1.83 bits per heavy atom. The van der Waals surface area contributed by atoms with Crippen molar-refractivity contribution in [1.82, 2.24) is 0 Å². The highest BCUT2D eigenvalue weighted by atomic mass is 16.5. The van der Waals surface area contributed by atoms with Crippen LogP contribution >= 0.6 is 0 Å². The molecule has 0 radical (unpaired) electrons. The van der Waals surface area contributed by atoms with E-state index in [9.17, 15) is 0 Å². The number of nitrogens with one attached hydrogen (secondary N) is 2. The standard InChI is InChI=1S/C20H20N2O2/c1-2-18(21)13-19(23-14-16-9-5-3-6-10-16)20(22)24-15-17-11-7-4-8-12-17/h2-13,21-22H,1,14-15H2/b19-13+,21-18?,22-20?. The molecule has 2 aromatic carbocycles. The van der Waals surface area contributed by atoms with Crippen LogP contribution in [0, 0.1) is 10.8 Å². The molecule has 4 nitrogen and oxygen atoms in total. The zero-order chi connectivity index (χ0) is 17.2. The van der Waals surface area contributed by atoms with Gasteiger partial charge >= 0.3 is 0 Å². The average molecular weight is 320 g/mol. The first kappa shape index (κ1) is 17.2. The summed E-state index contributed by atoms with van der Waals surface area (Å²) in [4.78, 5) is 0. The molecule has 0 amide bonds. The van der Waals surface area contributed by atoms with E-state index in [-0.39, 0.29) is 24.0 Å². The maximum atomic E-state index is 8.08. The molecule has 0 spiro atoms. The summed E-state index contributed by atoms with van der Waals surface area (Å²) in [7, 11) is 0. The minimum Gasteiger partial charge on any atom is -0.483 e. The summed E-state index contributed by atoms with van der Waals surface area (Å²) >= 11 is 0. The second-order valence-electron chi connectivity index (χ2n) is 5.05. The first-order valence-electron chi connectivity index (χ1n) is 7.54. The van der Waals surface area contributed by atoms with Gasteiger partial charge in [-0.1, -0.05) is 67.2 Å². The molecule has 24 heavy (non-hydrogen) atoms. The molecule has 2 rings (SSSR count). The van der Waals surface area contributed by atoms with Crippen LogP contribution in [0.25, 0.3) is 0 Å². The molecule has 4 heteroatoms. The van der Waals surface area contributed by atoms with Crippen LogP contribution in [-0.2, 0) is 22.7 Å². The number of allylic oxidation sites excluding steroid dienone is 2. The van der Waals surface area contributed by atoms with Crippen LogP contribution in [0.15, 0.2) is 85.2 Å². The summed E-state index contributed by atoms with van der Waals surface area (Å²) in [5.41, 5.74) is 2.10. The summed E-state index contributed by atoms with van der Waals surface area (Å²) in [5, 5.41) is 15.8. The van der Waals surface area contributed by atoms with Gasteiger partial charge in [0.2, 0.25) is 5.90 Å². The molecule has 2 aromatic rings. The molecule has 0 saturated heterocycles. The molecular formula is C20H20N2O2. The first-order chi connectivity index (χ1) is 11.7. The van der Waals surface area contributed by atoms with Gasteiger partial charge in [-0.2, -0.15) is 0 Å². The van der Waals surface area contributed by atoms with Crippen LogP contribution in [0.4, 0.5) is 0 Å². The Kier molecular flexibility index (Phi) is 6.53. The Balaban J connectivity index is 2.02. The predicted molar refractivity (Wildman–Crippen MR) is 96.2 cm³/mol. The highest BCUT2D eigenvalue weighted by Gasteiger charge is 2.10. The Hall–Kier alpha value is -3.14. The van der Waals surface area contributed by atoms with Gasteiger partial charge in [-0.3, -0.25) is 5.41 Å². The van der Waals surface area contributed by atoms with E-state index in [1.54, 1.807) is 0 Å². The Morgan fingerprint density at radius 1 is 0.833 bits per heavy atom. The van der Waals surface area contributed by atoms with E-state index in [2.05, 4.69) is 6.58 Å². The highest BCUT2D eigenvalue weighted by molar-refractivity contribution is 6.06. The molecule has 0 aliphatic rings. The van der Waals surface area contributed by atoms with E-state index in [0.717, 1.165) is 11.1 Å². The van der Waals surface area contributed by atoms with Gasteiger partial charge in [-0.15, -0.1) is 0 Å². The number of hydrogen-bond acceptors (Lipinski definition) is 4. The Labute approximate surface area is 142 Å². The van der Waals surface area contributed by atoms with Gasteiger partial charge in [0.25, 0.3) is 0 Å². The van der Waals surface area contributed by atoms with Crippen molar-refractivity contribution in [1.29, 1.82) is 10.8 Å². The lowest BCUT2D eigenvalue weighted by atomic mass is 10.2. The van der Waals surface area contributed by atoms with E-state index in [1.165, 1.54) is 12.2 Å². The summed E-state index contributed by atoms with van der Waals surface area (Å²) in [5.74, 6) is 0.0982. The van der Waals surface area contributed by atoms with Gasteiger partial charge in [0.15, 0.2) is 5.76 Å². The quantitative estimate of drug-likeness (QED) is 0.427. The number of hydrogen-bond donors (Lipinski definition) is 2. The maximum absolute atomic E-state index is 8.08. The smallest absolute Gasteiger partial charge is 0.249 e. The van der Waals surface area contributed by atoms with Crippen molar-refractivity contribution in [2.75, 3.05) is 0 Å². The zero-order valence-corrected chi connectivity index (χ0v) is 13.4. The van der Waals surface area contributed by atoms with Crippen LogP contribution in [0.5, 0.6) is 0 Å². The van der Waals surface area contributed by atoms with Crippen molar-refractivity contribution in [3.8, 4) is 0 Å². The van der Waals surface area contributed by atoms with Crippen molar-refractivity contribution >= 4 is 11.6 Å². The largest absolute Gasteiger partial charge is 0.483 e. The Morgan fingerprint density at radius 2 is 1.33 bits per heavy atom. The van der Waals surface area contributed by atoms with E-state index in [4.69, 9.17) is 20.3 Å². The summed E-state index contributed by atoms with van der Waals surface area (Å²) in [6.45, 7) is 4.12. The van der Waals surface area contributed by atoms with Gasteiger partial charge in [0.05, 0.1) is 5.71 Å². The molecule has 0 unspecified atom stereocenters. The molecule has 0 saturated carbocycles. The molecule has 2 N–H and O–H groups in total. The topological polar surface area (TPSA) is 66.2 Å². The summed E-state index contributed by atoms with van der Waals surface area (Å²) < 4.78 is 11.2. The predicted octanol–water partition coefficient (Wildman–Crippen LogP) is 4.49. The summed E-state index contributed by atoms with van der Waals surface area (Å²) in [6.07, 6.45) is 2.82. The second kappa shape index (κ2) is 9.10. The van der Waals surface area contributed by atoms with Crippen LogP contribution < -0.4 is 0 Å². The van der Waals surface area contributed by atoms with Crippen molar-refractivity contribution in [2.45, 2.75) is 13.2 Å². The fourth-order valence-electron chi connectivity index (χ4n) is 1.91. The zero-order valence-electron chi connectivity index (χ0n) is 13.4. The van der Waals surface area contributed by atoms with Crippen molar-refractivity contribution in [3.63, 3.8) is 0 Å². The van der Waals surface area contributed by atoms with Crippen LogP contribution in [0.1, 0.15) is 11.1 Å². The lowest BCUT2D eigenvalue weighted by Crippen LogP contribution is -2.11. The molecule has 0 aliphatic heterocycles. The van der Waals surface area contributed by atoms with Gasteiger partial charge in [0, 0.05) is 6.08 Å². The molecule has 122 valence electrons. The van der Waals surface area contributed by atoms with E-state index < -0.39 is 0 Å². The molecule has 0 aromatic heterocycles. The lowest BCUT2D eigenvalue weighted by molar-refractivity contribution is 0.191. The molecule has 0 fully saturated rings. The Bertz CT molecular complexity index is 722. The van der Waals surface area contributed by atoms with Crippen LogP contribution in [0.3, 0.4) is 0 Å².